The quantitative estimate of drug-likeness (QED) is 0.777. The number of halogens is 1. The van der Waals surface area contributed by atoms with Crippen LogP contribution in [0.3, 0.4) is 0 Å². The van der Waals surface area contributed by atoms with Crippen LogP contribution in [0.4, 0.5) is 11.4 Å². The Labute approximate surface area is 150 Å². The molecule has 1 aliphatic heterocycles. The van der Waals surface area contributed by atoms with E-state index in [0.29, 0.717) is 11.4 Å². The molecule has 25 heavy (non-hydrogen) atoms. The second-order valence-electron chi connectivity index (χ2n) is 6.06. The first-order valence-corrected chi connectivity index (χ1v) is 8.15. The van der Waals surface area contributed by atoms with Crippen molar-refractivity contribution in [1.29, 1.82) is 0 Å². The predicted octanol–water partition coefficient (Wildman–Crippen LogP) is 3.09. The fourth-order valence-electron chi connectivity index (χ4n) is 2.91. The molecule has 0 fully saturated rings. The molecule has 0 radical (unpaired) electrons. The SMILES string of the molecule is Cc1ccc(N(C)C(=O)C2C(=O)c3c(Cl)cccc3N(C)C2=O)cc1. The highest BCUT2D eigenvalue weighted by Crippen LogP contribution is 2.35. The molecule has 128 valence electrons. The van der Waals surface area contributed by atoms with Crippen molar-refractivity contribution in [3.63, 3.8) is 0 Å². The smallest absolute Gasteiger partial charge is 0.247 e. The van der Waals surface area contributed by atoms with Crippen LogP contribution in [0.2, 0.25) is 5.02 Å². The van der Waals surface area contributed by atoms with E-state index in [1.54, 1.807) is 37.4 Å². The summed E-state index contributed by atoms with van der Waals surface area (Å²) in [5, 5.41) is 0.234. The second kappa shape index (κ2) is 6.33. The first-order valence-electron chi connectivity index (χ1n) is 7.77. The number of fused-ring (bicyclic) bond motifs is 1. The van der Waals surface area contributed by atoms with Crippen molar-refractivity contribution in [1.82, 2.24) is 0 Å². The normalized spacial score (nSPS) is 16.6. The van der Waals surface area contributed by atoms with Gasteiger partial charge in [-0.05, 0) is 31.2 Å². The summed E-state index contributed by atoms with van der Waals surface area (Å²) < 4.78 is 0. The van der Waals surface area contributed by atoms with Crippen molar-refractivity contribution >= 4 is 40.6 Å². The molecule has 3 rings (SSSR count). The molecule has 0 saturated carbocycles. The first kappa shape index (κ1) is 17.2. The molecule has 0 aromatic heterocycles. The van der Waals surface area contributed by atoms with Crippen molar-refractivity contribution in [2.45, 2.75) is 6.92 Å². The van der Waals surface area contributed by atoms with Gasteiger partial charge in [-0.2, -0.15) is 0 Å². The van der Waals surface area contributed by atoms with Gasteiger partial charge in [0.2, 0.25) is 11.8 Å². The lowest BCUT2D eigenvalue weighted by Crippen LogP contribution is -2.50. The molecule has 1 atom stereocenters. The summed E-state index contributed by atoms with van der Waals surface area (Å²) in [4.78, 5) is 41.0. The van der Waals surface area contributed by atoms with E-state index in [2.05, 4.69) is 0 Å². The van der Waals surface area contributed by atoms with Gasteiger partial charge >= 0.3 is 0 Å². The number of Topliss-reactive ketones (excluding diaryl/α,β-unsaturated/α-hetero) is 1. The lowest BCUT2D eigenvalue weighted by atomic mass is 9.89. The topological polar surface area (TPSA) is 57.7 Å². The molecular weight excluding hydrogens is 340 g/mol. The number of amides is 2. The minimum Gasteiger partial charge on any atom is -0.314 e. The van der Waals surface area contributed by atoms with Crippen LogP contribution in [0.1, 0.15) is 15.9 Å². The largest absolute Gasteiger partial charge is 0.314 e. The number of nitrogens with zero attached hydrogens (tertiary/aromatic N) is 2. The maximum atomic E-state index is 12.9. The highest BCUT2D eigenvalue weighted by Gasteiger charge is 2.44. The molecule has 1 aliphatic rings. The predicted molar refractivity (Wildman–Crippen MR) is 97.3 cm³/mol. The molecule has 2 aromatic rings. The van der Waals surface area contributed by atoms with Crippen LogP contribution in [-0.4, -0.2) is 31.7 Å². The maximum absolute atomic E-state index is 12.9. The monoisotopic (exact) mass is 356 g/mol. The Bertz CT molecular complexity index is 877. The van der Waals surface area contributed by atoms with Crippen LogP contribution in [0, 0.1) is 12.8 Å². The fraction of sp³-hybridized carbons (Fsp3) is 0.211. The van der Waals surface area contributed by atoms with Crippen molar-refractivity contribution < 1.29 is 14.4 Å². The van der Waals surface area contributed by atoms with Gasteiger partial charge in [0.15, 0.2) is 11.7 Å². The Balaban J connectivity index is 2.00. The van der Waals surface area contributed by atoms with E-state index in [-0.39, 0.29) is 10.6 Å². The maximum Gasteiger partial charge on any atom is 0.247 e. The number of ketones is 1. The molecule has 2 aromatic carbocycles. The van der Waals surface area contributed by atoms with E-state index in [1.807, 2.05) is 19.1 Å². The van der Waals surface area contributed by atoms with Crippen molar-refractivity contribution in [3.05, 3.63) is 58.6 Å². The third-order valence-electron chi connectivity index (χ3n) is 4.44. The van der Waals surface area contributed by atoms with E-state index < -0.39 is 23.5 Å². The highest BCUT2D eigenvalue weighted by atomic mass is 35.5. The van der Waals surface area contributed by atoms with Crippen LogP contribution >= 0.6 is 11.6 Å². The Morgan fingerprint density at radius 1 is 1.12 bits per heavy atom. The molecule has 0 N–H and O–H groups in total. The molecule has 2 amide bonds. The average molecular weight is 357 g/mol. The fourth-order valence-corrected chi connectivity index (χ4v) is 3.17. The van der Waals surface area contributed by atoms with Gasteiger partial charge < -0.3 is 9.80 Å². The van der Waals surface area contributed by atoms with Crippen LogP contribution < -0.4 is 9.80 Å². The lowest BCUT2D eigenvalue weighted by molar-refractivity contribution is -0.130. The summed E-state index contributed by atoms with van der Waals surface area (Å²) in [7, 11) is 3.09. The number of anilines is 2. The van der Waals surface area contributed by atoms with Crippen LogP contribution in [0.5, 0.6) is 0 Å². The summed E-state index contributed by atoms with van der Waals surface area (Å²) in [5.74, 6) is -3.11. The van der Waals surface area contributed by atoms with Crippen molar-refractivity contribution in [2.24, 2.45) is 5.92 Å². The van der Waals surface area contributed by atoms with Gasteiger partial charge in [-0.25, -0.2) is 0 Å². The molecule has 6 heteroatoms. The number of benzene rings is 2. The van der Waals surface area contributed by atoms with Gasteiger partial charge in [0.25, 0.3) is 0 Å². The minimum atomic E-state index is -1.43. The zero-order valence-corrected chi connectivity index (χ0v) is 14.9. The highest BCUT2D eigenvalue weighted by molar-refractivity contribution is 6.40. The molecule has 0 aliphatic carbocycles. The Hall–Kier alpha value is -2.66. The van der Waals surface area contributed by atoms with Gasteiger partial charge in [-0.15, -0.1) is 0 Å². The van der Waals surface area contributed by atoms with Crippen LogP contribution in [-0.2, 0) is 9.59 Å². The first-order chi connectivity index (χ1) is 11.8. The molecule has 0 spiro atoms. The van der Waals surface area contributed by atoms with E-state index in [0.717, 1.165) is 5.56 Å². The molecule has 1 heterocycles. The third kappa shape index (κ3) is 2.81. The molecule has 5 nitrogen and oxygen atoms in total. The second-order valence-corrected chi connectivity index (χ2v) is 6.47. The Morgan fingerprint density at radius 2 is 1.76 bits per heavy atom. The number of carbonyl (C=O) groups is 3. The summed E-state index contributed by atoms with van der Waals surface area (Å²) in [6, 6.07) is 12.2. The van der Waals surface area contributed by atoms with Gasteiger partial charge in [-0.1, -0.05) is 35.4 Å². The zero-order chi connectivity index (χ0) is 18.3. The standard InChI is InChI=1S/C19H17ClN2O3/c1-11-7-9-12(10-8-11)21(2)18(24)16-17(23)15-13(20)5-4-6-14(15)22(3)19(16)25/h4-10,16H,1-3H3. The molecule has 0 bridgehead atoms. The number of hydrogen-bond acceptors (Lipinski definition) is 3. The number of carbonyl (C=O) groups excluding carboxylic acids is 3. The molecule has 0 saturated heterocycles. The average Bonchev–Trinajstić information content (AvgIpc) is 2.59. The molecule has 1 unspecified atom stereocenters. The van der Waals surface area contributed by atoms with Gasteiger partial charge in [0, 0.05) is 19.8 Å². The zero-order valence-electron chi connectivity index (χ0n) is 14.1. The third-order valence-corrected chi connectivity index (χ3v) is 4.75. The van der Waals surface area contributed by atoms with Crippen molar-refractivity contribution in [3.8, 4) is 0 Å². The van der Waals surface area contributed by atoms with E-state index in [1.165, 1.54) is 16.8 Å². The van der Waals surface area contributed by atoms with Gasteiger partial charge in [0.1, 0.15) is 0 Å². The number of rotatable bonds is 2. The summed E-state index contributed by atoms with van der Waals surface area (Å²) >= 11 is 6.15. The van der Waals surface area contributed by atoms with Crippen LogP contribution in [0.15, 0.2) is 42.5 Å². The van der Waals surface area contributed by atoms with E-state index in [9.17, 15) is 14.4 Å². The summed E-state index contributed by atoms with van der Waals surface area (Å²) in [6.45, 7) is 1.94. The minimum absolute atomic E-state index is 0.210. The van der Waals surface area contributed by atoms with Crippen molar-refractivity contribution in [2.75, 3.05) is 23.9 Å². The van der Waals surface area contributed by atoms with Crippen LogP contribution in [0.25, 0.3) is 0 Å². The Kier molecular flexibility index (Phi) is 4.35. The summed E-state index contributed by atoms with van der Waals surface area (Å²) in [5.41, 5.74) is 2.30. The van der Waals surface area contributed by atoms with E-state index in [4.69, 9.17) is 11.6 Å². The molecular formula is C19H17ClN2O3. The lowest BCUT2D eigenvalue weighted by Gasteiger charge is -2.32. The Morgan fingerprint density at radius 3 is 2.40 bits per heavy atom. The van der Waals surface area contributed by atoms with Gasteiger partial charge in [-0.3, -0.25) is 14.4 Å². The summed E-state index contributed by atoms with van der Waals surface area (Å²) in [6.07, 6.45) is 0. The number of aryl methyl sites for hydroxylation is 1. The van der Waals surface area contributed by atoms with E-state index >= 15 is 0 Å². The van der Waals surface area contributed by atoms with Gasteiger partial charge in [0.05, 0.1) is 16.3 Å². The number of hydrogen-bond donors (Lipinski definition) is 0.